The Balaban J connectivity index is 1.26. The van der Waals surface area contributed by atoms with Crippen LogP contribution in [0.2, 0.25) is 18.1 Å². The maximum absolute atomic E-state index is 13.2. The molecule has 5 rings (SSSR count). The molecule has 0 aromatic heterocycles. The fourth-order valence-electron chi connectivity index (χ4n) is 5.51. The van der Waals surface area contributed by atoms with E-state index in [0.717, 1.165) is 27.7 Å². The molecule has 1 saturated heterocycles. The van der Waals surface area contributed by atoms with Gasteiger partial charge in [0.15, 0.2) is 0 Å². The van der Waals surface area contributed by atoms with Crippen LogP contribution >= 0.6 is 11.6 Å². The molecule has 0 spiro atoms. The lowest BCUT2D eigenvalue weighted by molar-refractivity contribution is -0.121. The SMILES string of the molecule is COc1ccc2c(c1)C(c1ccc(Cl)cc1)=NC(CC(=O)NCCCNC(=O)c1cccc([Si](C)(C)O)c1)C1NNC(C)N21. The Kier molecular flexibility index (Phi) is 9.71. The average Bonchev–Trinajstić information content (AvgIpc) is 3.33. The number of ether oxygens (including phenoxy) is 1. The molecule has 1 fully saturated rings. The second kappa shape index (κ2) is 13.5. The Labute approximate surface area is 264 Å². The van der Waals surface area contributed by atoms with Gasteiger partial charge in [0.1, 0.15) is 11.9 Å². The minimum Gasteiger partial charge on any atom is -0.497 e. The molecule has 3 atom stereocenters. The molecule has 2 heterocycles. The number of carbonyl (C=O) groups excluding carboxylic acids is 2. The molecule has 0 radical (unpaired) electrons. The number of carbonyl (C=O) groups is 2. The summed E-state index contributed by atoms with van der Waals surface area (Å²) in [4.78, 5) is 43.6. The predicted octanol–water partition coefficient (Wildman–Crippen LogP) is 2.89. The van der Waals surface area contributed by atoms with Crippen LogP contribution in [0.25, 0.3) is 0 Å². The molecule has 10 nitrogen and oxygen atoms in total. The third kappa shape index (κ3) is 7.14. The fourth-order valence-corrected chi connectivity index (χ4v) is 6.65. The molecule has 0 aliphatic carbocycles. The van der Waals surface area contributed by atoms with Gasteiger partial charge in [-0.05, 0) is 74.1 Å². The molecule has 3 aromatic carbocycles. The lowest BCUT2D eigenvalue weighted by atomic mass is 9.99. The van der Waals surface area contributed by atoms with Gasteiger partial charge in [0.05, 0.1) is 31.4 Å². The minimum absolute atomic E-state index is 0.0485. The van der Waals surface area contributed by atoms with Gasteiger partial charge < -0.3 is 25.1 Å². The minimum atomic E-state index is -2.51. The molecule has 5 N–H and O–H groups in total. The van der Waals surface area contributed by atoms with Crippen molar-refractivity contribution in [3.05, 3.63) is 88.4 Å². The van der Waals surface area contributed by atoms with Crippen molar-refractivity contribution in [2.75, 3.05) is 25.1 Å². The second-order valence-corrected chi connectivity index (χ2v) is 15.7. The summed E-state index contributed by atoms with van der Waals surface area (Å²) < 4.78 is 5.55. The Morgan fingerprint density at radius 2 is 1.80 bits per heavy atom. The summed E-state index contributed by atoms with van der Waals surface area (Å²) in [6.45, 7) is 6.51. The van der Waals surface area contributed by atoms with Crippen molar-refractivity contribution in [1.29, 1.82) is 0 Å². The van der Waals surface area contributed by atoms with Crippen molar-refractivity contribution in [3.63, 3.8) is 0 Å². The van der Waals surface area contributed by atoms with Gasteiger partial charge >= 0.3 is 0 Å². The zero-order chi connectivity index (χ0) is 31.4. The van der Waals surface area contributed by atoms with Crippen LogP contribution in [-0.2, 0) is 4.79 Å². The van der Waals surface area contributed by atoms with Crippen molar-refractivity contribution in [2.24, 2.45) is 4.99 Å². The molecule has 0 saturated carbocycles. The highest BCUT2D eigenvalue weighted by molar-refractivity contribution is 6.83. The Morgan fingerprint density at radius 1 is 1.05 bits per heavy atom. The molecule has 0 bridgehead atoms. The molecular formula is C32H39ClN6O4Si. The zero-order valence-corrected chi connectivity index (χ0v) is 27.1. The van der Waals surface area contributed by atoms with E-state index in [1.807, 2.05) is 61.6 Å². The van der Waals surface area contributed by atoms with Crippen molar-refractivity contribution in [1.82, 2.24) is 21.5 Å². The van der Waals surface area contributed by atoms with Gasteiger partial charge in [-0.15, -0.1) is 0 Å². The van der Waals surface area contributed by atoms with Crippen LogP contribution in [0, 0.1) is 0 Å². The van der Waals surface area contributed by atoms with E-state index in [2.05, 4.69) is 33.3 Å². The summed E-state index contributed by atoms with van der Waals surface area (Å²) in [5, 5.41) is 7.33. The number of nitrogens with one attached hydrogen (secondary N) is 4. The van der Waals surface area contributed by atoms with E-state index in [4.69, 9.17) is 21.3 Å². The number of halogens is 1. The maximum atomic E-state index is 13.2. The number of anilines is 1. The number of methoxy groups -OCH3 is 1. The average molecular weight is 635 g/mol. The van der Waals surface area contributed by atoms with Crippen LogP contribution in [0.1, 0.15) is 41.3 Å². The molecule has 2 aliphatic heterocycles. The fraction of sp³-hybridized carbons (Fsp3) is 0.344. The van der Waals surface area contributed by atoms with Gasteiger partial charge in [-0.2, -0.15) is 0 Å². The number of hydrogen-bond acceptors (Lipinski definition) is 8. The van der Waals surface area contributed by atoms with Crippen LogP contribution in [0.4, 0.5) is 5.69 Å². The number of amides is 2. The highest BCUT2D eigenvalue weighted by Crippen LogP contribution is 2.36. The summed E-state index contributed by atoms with van der Waals surface area (Å²) in [7, 11) is -0.873. The molecule has 12 heteroatoms. The quantitative estimate of drug-likeness (QED) is 0.171. The van der Waals surface area contributed by atoms with Crippen molar-refractivity contribution in [3.8, 4) is 5.75 Å². The summed E-state index contributed by atoms with van der Waals surface area (Å²) in [5.74, 6) is 0.377. The van der Waals surface area contributed by atoms with Gasteiger partial charge in [-0.1, -0.05) is 35.9 Å². The lowest BCUT2D eigenvalue weighted by Gasteiger charge is -2.31. The van der Waals surface area contributed by atoms with E-state index >= 15 is 0 Å². The highest BCUT2D eigenvalue weighted by atomic mass is 35.5. The standard InChI is InChI=1S/C32H39ClN6O4Si/c1-20-37-38-31-27(19-29(40)34-15-6-16-35-32(41)22-7-5-8-25(17-22)44(3,4)42)36-30(21-9-11-23(33)12-10-21)26-18-24(43-2)13-14-28(26)39(20)31/h5,7-14,17-18,20,27,31,37-38,42H,6,15-16,19H2,1-4H3,(H,34,40)(H,35,41). The lowest BCUT2D eigenvalue weighted by Crippen LogP contribution is -2.47. The molecule has 2 amide bonds. The number of fused-ring (bicyclic) bond motifs is 3. The predicted molar refractivity (Wildman–Crippen MR) is 176 cm³/mol. The number of aliphatic imine (C=N–C) groups is 1. The summed E-state index contributed by atoms with van der Waals surface area (Å²) in [6, 6.07) is 20.2. The number of benzene rings is 3. The zero-order valence-electron chi connectivity index (χ0n) is 25.4. The first-order chi connectivity index (χ1) is 21.0. The first kappa shape index (κ1) is 31.7. The molecule has 44 heavy (non-hydrogen) atoms. The van der Waals surface area contributed by atoms with Gasteiger partial charge in [-0.3, -0.25) is 14.6 Å². The van der Waals surface area contributed by atoms with Crippen molar-refractivity contribution < 1.29 is 19.1 Å². The van der Waals surface area contributed by atoms with Crippen LogP contribution < -0.4 is 36.3 Å². The third-order valence-electron chi connectivity index (χ3n) is 7.86. The first-order valence-electron chi connectivity index (χ1n) is 14.7. The van der Waals surface area contributed by atoms with Gasteiger partial charge in [0.25, 0.3) is 5.91 Å². The molecular weight excluding hydrogens is 596 g/mol. The van der Waals surface area contributed by atoms with Crippen LogP contribution in [0.3, 0.4) is 0 Å². The number of hydrogen-bond donors (Lipinski definition) is 5. The Hall–Kier alpha value is -3.74. The monoisotopic (exact) mass is 634 g/mol. The summed E-state index contributed by atoms with van der Waals surface area (Å²) in [5.41, 5.74) is 10.7. The Morgan fingerprint density at radius 3 is 2.52 bits per heavy atom. The second-order valence-electron chi connectivity index (χ2n) is 11.6. The molecule has 232 valence electrons. The number of rotatable bonds is 10. The largest absolute Gasteiger partial charge is 0.497 e. The van der Waals surface area contributed by atoms with E-state index in [9.17, 15) is 14.4 Å². The van der Waals surface area contributed by atoms with Crippen LogP contribution in [0.15, 0.2) is 71.7 Å². The number of hydrazine groups is 1. The van der Waals surface area contributed by atoms with Crippen molar-refractivity contribution >= 4 is 48.3 Å². The molecule has 2 aliphatic rings. The third-order valence-corrected chi connectivity index (χ3v) is 9.83. The first-order valence-corrected chi connectivity index (χ1v) is 18.1. The van der Waals surface area contributed by atoms with E-state index in [1.54, 1.807) is 25.3 Å². The molecule has 3 aromatic rings. The van der Waals surface area contributed by atoms with Crippen LogP contribution in [-0.4, -0.2) is 69.2 Å². The summed E-state index contributed by atoms with van der Waals surface area (Å²) >= 11 is 6.20. The van der Waals surface area contributed by atoms with Gasteiger partial charge in [-0.25, -0.2) is 10.9 Å². The van der Waals surface area contributed by atoms with Crippen LogP contribution in [0.5, 0.6) is 5.75 Å². The van der Waals surface area contributed by atoms with E-state index < -0.39 is 14.4 Å². The normalized spacial score (nSPS) is 19.4. The topological polar surface area (TPSA) is 127 Å². The van der Waals surface area contributed by atoms with Crippen molar-refractivity contribution in [2.45, 2.75) is 51.2 Å². The highest BCUT2D eigenvalue weighted by Gasteiger charge is 2.40. The van der Waals surface area contributed by atoms with Gasteiger partial charge in [0, 0.05) is 40.5 Å². The summed E-state index contributed by atoms with van der Waals surface area (Å²) in [6.07, 6.45) is 0.409. The maximum Gasteiger partial charge on any atom is 0.251 e. The Bertz CT molecular complexity index is 1540. The van der Waals surface area contributed by atoms with E-state index in [1.165, 1.54) is 0 Å². The molecule has 3 unspecified atom stereocenters. The van der Waals surface area contributed by atoms with E-state index in [0.29, 0.717) is 35.8 Å². The number of nitrogens with zero attached hydrogens (tertiary/aromatic N) is 2. The van der Waals surface area contributed by atoms with E-state index in [-0.39, 0.29) is 30.6 Å². The van der Waals surface area contributed by atoms with Gasteiger partial charge in [0.2, 0.25) is 14.2 Å². The smallest absolute Gasteiger partial charge is 0.251 e.